The number of rotatable bonds is 5. The van der Waals surface area contributed by atoms with E-state index in [4.69, 9.17) is 8.94 Å². The first kappa shape index (κ1) is 26.6. The predicted octanol–water partition coefficient (Wildman–Crippen LogP) is 7.28. The zero-order valence-electron chi connectivity index (χ0n) is 22.1. The number of piperidine rings is 1. The molecule has 0 spiro atoms. The maximum Gasteiger partial charge on any atom is 0.425 e. The summed E-state index contributed by atoms with van der Waals surface area (Å²) in [6.07, 6.45) is -2.92. The van der Waals surface area contributed by atoms with Crippen molar-refractivity contribution in [3.8, 4) is 17.2 Å². The summed E-state index contributed by atoms with van der Waals surface area (Å²) in [6.45, 7) is 9.71. The minimum Gasteiger partial charge on any atom is -0.491 e. The number of benzene rings is 2. The van der Waals surface area contributed by atoms with Gasteiger partial charge in [-0.05, 0) is 61.0 Å². The van der Waals surface area contributed by atoms with E-state index < -0.39 is 29.4 Å². The summed E-state index contributed by atoms with van der Waals surface area (Å²) in [6, 6.07) is 11.0. The summed E-state index contributed by atoms with van der Waals surface area (Å²) in [5.41, 5.74) is 1.11. The van der Waals surface area contributed by atoms with Crippen molar-refractivity contribution in [1.29, 1.82) is 0 Å². The van der Waals surface area contributed by atoms with Crippen molar-refractivity contribution in [3.05, 3.63) is 69.4 Å². The summed E-state index contributed by atoms with van der Waals surface area (Å²) in [5, 5.41) is 16.6. The molecule has 4 aromatic rings. The maximum absolute atomic E-state index is 13.7. The fourth-order valence-electron chi connectivity index (χ4n) is 5.07. The van der Waals surface area contributed by atoms with Gasteiger partial charge in [-0.2, -0.15) is 13.2 Å². The normalized spacial score (nSPS) is 16.4. The Hall–Kier alpha value is -3.95. The van der Waals surface area contributed by atoms with Crippen LogP contribution in [-0.4, -0.2) is 23.4 Å². The van der Waals surface area contributed by atoms with E-state index >= 15 is 0 Å². The van der Waals surface area contributed by atoms with Gasteiger partial charge in [0.15, 0.2) is 22.6 Å². The average molecular weight is 542 g/mol. The molecule has 3 heterocycles. The third-order valence-corrected chi connectivity index (χ3v) is 7.39. The molecule has 1 saturated heterocycles. The van der Waals surface area contributed by atoms with Crippen molar-refractivity contribution in [1.82, 2.24) is 5.16 Å². The van der Waals surface area contributed by atoms with E-state index in [1.807, 2.05) is 19.9 Å². The number of alkyl halides is 3. The number of aromatic hydroxyl groups is 1. The van der Waals surface area contributed by atoms with Crippen LogP contribution in [0.15, 0.2) is 56.2 Å². The average Bonchev–Trinajstić information content (AvgIpc) is 3.26. The Kier molecular flexibility index (Phi) is 6.60. The van der Waals surface area contributed by atoms with Gasteiger partial charge in [-0.3, -0.25) is 4.79 Å². The lowest BCUT2D eigenvalue weighted by Crippen LogP contribution is -2.37. The third kappa shape index (κ3) is 5.20. The second-order valence-corrected chi connectivity index (χ2v) is 11.0. The van der Waals surface area contributed by atoms with Crippen LogP contribution in [0.25, 0.3) is 22.3 Å². The number of aromatic nitrogens is 1. The summed E-state index contributed by atoms with van der Waals surface area (Å²) in [5.74, 6) is -1.31. The van der Waals surface area contributed by atoms with Gasteiger partial charge >= 0.3 is 6.18 Å². The van der Waals surface area contributed by atoms with Crippen molar-refractivity contribution in [2.75, 3.05) is 23.3 Å². The van der Waals surface area contributed by atoms with Crippen molar-refractivity contribution in [2.45, 2.75) is 52.8 Å². The monoisotopic (exact) mass is 541 g/mol. The predicted molar refractivity (Wildman–Crippen MR) is 143 cm³/mol. The molecule has 5 rings (SSSR count). The molecule has 1 aliphatic heterocycles. The fraction of sp³-hybridized carbons (Fsp3) is 0.379. The van der Waals surface area contributed by atoms with Gasteiger partial charge in [-0.25, -0.2) is 0 Å². The van der Waals surface area contributed by atoms with Gasteiger partial charge in [-0.15, -0.1) is 0 Å². The van der Waals surface area contributed by atoms with Crippen LogP contribution in [0.3, 0.4) is 0 Å². The van der Waals surface area contributed by atoms with Crippen LogP contribution in [0.4, 0.5) is 24.7 Å². The molecule has 2 N–H and O–H groups in total. The molecule has 0 aliphatic carbocycles. The SMILES string of the molecule is Cc1cc([C@@H](C)Nc2ccccc2-c2onc(O)c2C(F)(F)F)c2oc(N3CCC(C)(C)CC3)cc(=O)c2c1. The highest BCUT2D eigenvalue weighted by Crippen LogP contribution is 2.44. The summed E-state index contributed by atoms with van der Waals surface area (Å²) < 4.78 is 52.2. The van der Waals surface area contributed by atoms with E-state index in [0.717, 1.165) is 31.5 Å². The topological polar surface area (TPSA) is 91.7 Å². The molecule has 10 heteroatoms. The van der Waals surface area contributed by atoms with Crippen molar-refractivity contribution in [2.24, 2.45) is 5.41 Å². The van der Waals surface area contributed by atoms with Crippen molar-refractivity contribution >= 4 is 22.5 Å². The highest BCUT2D eigenvalue weighted by Gasteiger charge is 2.42. The van der Waals surface area contributed by atoms with Gasteiger partial charge < -0.3 is 24.3 Å². The van der Waals surface area contributed by atoms with Gasteiger partial charge in [0.05, 0.1) is 11.4 Å². The zero-order chi connectivity index (χ0) is 28.1. The number of hydrogen-bond acceptors (Lipinski definition) is 7. The molecule has 0 radical (unpaired) electrons. The summed E-state index contributed by atoms with van der Waals surface area (Å²) in [4.78, 5) is 15.3. The Morgan fingerprint density at radius 1 is 1.13 bits per heavy atom. The van der Waals surface area contributed by atoms with Crippen LogP contribution >= 0.6 is 0 Å². The van der Waals surface area contributed by atoms with Crippen LogP contribution in [0.5, 0.6) is 5.88 Å². The lowest BCUT2D eigenvalue weighted by molar-refractivity contribution is -0.138. The van der Waals surface area contributed by atoms with Crippen LogP contribution in [-0.2, 0) is 6.18 Å². The lowest BCUT2D eigenvalue weighted by Gasteiger charge is -2.37. The van der Waals surface area contributed by atoms with Crippen molar-refractivity contribution < 1.29 is 27.2 Å². The molecular weight excluding hydrogens is 511 g/mol. The standard InChI is InChI=1S/C29H30F3N3O4/c1-16-13-19(25-20(14-16)22(36)15-23(38-25)35-11-9-28(3,4)10-12-35)17(2)33-21-8-6-5-7-18(21)26-24(29(30,31)32)27(37)34-39-26/h5-8,13-15,17,33H,9-12H2,1-4H3,(H,34,37)/t17-/m1/s1. The second-order valence-electron chi connectivity index (χ2n) is 11.0. The molecule has 0 saturated carbocycles. The fourth-order valence-corrected chi connectivity index (χ4v) is 5.07. The maximum atomic E-state index is 13.7. The molecule has 7 nitrogen and oxygen atoms in total. The summed E-state index contributed by atoms with van der Waals surface area (Å²) >= 11 is 0. The number of hydrogen-bond donors (Lipinski definition) is 2. The molecule has 0 bridgehead atoms. The van der Waals surface area contributed by atoms with E-state index in [1.165, 1.54) is 12.1 Å². The molecule has 1 aliphatic rings. The van der Waals surface area contributed by atoms with Gasteiger partial charge in [0.2, 0.25) is 0 Å². The van der Waals surface area contributed by atoms with Gasteiger partial charge in [0, 0.05) is 36.0 Å². The van der Waals surface area contributed by atoms with Crippen molar-refractivity contribution in [3.63, 3.8) is 0 Å². The van der Waals surface area contributed by atoms with Crippen LogP contribution < -0.4 is 15.6 Å². The molecular formula is C29H30F3N3O4. The van der Waals surface area contributed by atoms with Gasteiger partial charge in [-0.1, -0.05) is 32.0 Å². The second kappa shape index (κ2) is 9.66. The smallest absolute Gasteiger partial charge is 0.425 e. The molecule has 2 aromatic heterocycles. The number of halogens is 3. The Morgan fingerprint density at radius 2 is 1.82 bits per heavy atom. The molecule has 206 valence electrons. The highest BCUT2D eigenvalue weighted by molar-refractivity contribution is 5.83. The van der Waals surface area contributed by atoms with Crippen LogP contribution in [0, 0.1) is 12.3 Å². The van der Waals surface area contributed by atoms with E-state index in [2.05, 4.69) is 29.2 Å². The van der Waals surface area contributed by atoms with E-state index in [9.17, 15) is 23.1 Å². The van der Waals surface area contributed by atoms with Gasteiger partial charge in [0.25, 0.3) is 5.88 Å². The first-order chi connectivity index (χ1) is 18.3. The zero-order valence-corrected chi connectivity index (χ0v) is 22.1. The first-order valence-corrected chi connectivity index (χ1v) is 12.8. The number of fused-ring (bicyclic) bond motifs is 1. The largest absolute Gasteiger partial charge is 0.491 e. The molecule has 0 unspecified atom stereocenters. The number of para-hydroxylation sites is 1. The number of anilines is 2. The van der Waals surface area contributed by atoms with E-state index in [0.29, 0.717) is 28.1 Å². The molecule has 1 atom stereocenters. The molecule has 0 amide bonds. The third-order valence-electron chi connectivity index (χ3n) is 7.39. The minimum atomic E-state index is -4.87. The summed E-state index contributed by atoms with van der Waals surface area (Å²) in [7, 11) is 0. The Bertz CT molecular complexity index is 1580. The van der Waals surface area contributed by atoms with Crippen LogP contribution in [0.2, 0.25) is 0 Å². The van der Waals surface area contributed by atoms with E-state index in [1.54, 1.807) is 24.3 Å². The Balaban J connectivity index is 1.55. The van der Waals surface area contributed by atoms with Gasteiger partial charge in [0.1, 0.15) is 5.58 Å². The number of aryl methyl sites for hydroxylation is 1. The lowest BCUT2D eigenvalue weighted by atomic mass is 9.83. The molecule has 39 heavy (non-hydrogen) atoms. The van der Waals surface area contributed by atoms with E-state index in [-0.39, 0.29) is 16.4 Å². The quantitative estimate of drug-likeness (QED) is 0.274. The van der Waals surface area contributed by atoms with Crippen LogP contribution in [0.1, 0.15) is 56.3 Å². The number of nitrogens with zero attached hydrogens (tertiary/aromatic N) is 2. The minimum absolute atomic E-state index is 0.0829. The molecule has 2 aromatic carbocycles. The number of nitrogens with one attached hydrogen (secondary N) is 1. The molecule has 1 fully saturated rings. The Labute approximate surface area is 223 Å². The highest BCUT2D eigenvalue weighted by atomic mass is 19.4. The first-order valence-electron chi connectivity index (χ1n) is 12.8. The Morgan fingerprint density at radius 3 is 2.51 bits per heavy atom.